The molecule has 1 fully saturated rings. The summed E-state index contributed by atoms with van der Waals surface area (Å²) in [7, 11) is 0. The third kappa shape index (κ3) is 3.33. The van der Waals surface area contributed by atoms with Gasteiger partial charge in [0.25, 0.3) is 0 Å². The average Bonchev–Trinajstić information content (AvgIpc) is 2.05. The van der Waals surface area contributed by atoms with Crippen LogP contribution in [0.1, 0.15) is 26.7 Å². The summed E-state index contributed by atoms with van der Waals surface area (Å²) >= 11 is 1.84. The Morgan fingerprint density at radius 3 is 2.33 bits per heavy atom. The second kappa shape index (κ2) is 5.10. The molecule has 1 heterocycles. The molecule has 0 spiro atoms. The summed E-state index contributed by atoms with van der Waals surface area (Å²) < 4.78 is 8.15. The number of hydrogen-bond acceptors (Lipinski definition) is 3. The Kier molecular flexibility index (Phi) is 4.40. The van der Waals surface area contributed by atoms with Crippen molar-refractivity contribution >= 4 is 11.9 Å². The summed E-state index contributed by atoms with van der Waals surface area (Å²) in [6.07, 6.45) is 5.42. The molecule has 1 rings (SSSR count). The fourth-order valence-electron chi connectivity index (χ4n) is 1.54. The molecule has 0 saturated carbocycles. The summed E-state index contributed by atoms with van der Waals surface area (Å²) in [5.41, 5.74) is 0. The molecule has 1 aliphatic rings. The highest BCUT2D eigenvalue weighted by Gasteiger charge is 2.19. The van der Waals surface area contributed by atoms with Crippen LogP contribution in [0.25, 0.3) is 0 Å². The normalized spacial score (nSPS) is 22.0. The molecule has 0 aromatic carbocycles. The zero-order valence-electron chi connectivity index (χ0n) is 8.25. The van der Waals surface area contributed by atoms with Crippen LogP contribution in [0.15, 0.2) is 0 Å². The maximum absolute atomic E-state index is 5.75. The quantitative estimate of drug-likeness (QED) is 0.631. The molecule has 2 nitrogen and oxygen atoms in total. The molecule has 12 heavy (non-hydrogen) atoms. The van der Waals surface area contributed by atoms with E-state index in [4.69, 9.17) is 4.74 Å². The third-order valence-corrected chi connectivity index (χ3v) is 3.01. The Hall–Kier alpha value is 0.270. The lowest BCUT2D eigenvalue weighted by molar-refractivity contribution is -0.0159. The van der Waals surface area contributed by atoms with Gasteiger partial charge in [-0.1, -0.05) is 11.9 Å². The minimum atomic E-state index is 0.385. The van der Waals surface area contributed by atoms with Gasteiger partial charge in [0.05, 0.1) is 12.2 Å². The van der Waals surface area contributed by atoms with Crippen LogP contribution in [0.5, 0.6) is 0 Å². The standard InChI is InChI=1S/C9H19NOS/c1-8(2)11-9-4-6-10(12-3)7-5-9/h8-9H,4-7H2,1-3H3. The highest BCUT2D eigenvalue weighted by atomic mass is 32.2. The summed E-state index contributed by atoms with van der Waals surface area (Å²) in [5.74, 6) is 0. The van der Waals surface area contributed by atoms with Gasteiger partial charge in [-0.05, 0) is 32.9 Å². The van der Waals surface area contributed by atoms with Crippen molar-refractivity contribution in [3.63, 3.8) is 0 Å². The van der Waals surface area contributed by atoms with Crippen LogP contribution in [-0.2, 0) is 4.74 Å². The molecule has 3 heteroatoms. The van der Waals surface area contributed by atoms with Crippen LogP contribution >= 0.6 is 11.9 Å². The van der Waals surface area contributed by atoms with Gasteiger partial charge < -0.3 is 4.74 Å². The Bertz CT molecular complexity index is 122. The van der Waals surface area contributed by atoms with Gasteiger partial charge in [0, 0.05) is 13.1 Å². The second-order valence-electron chi connectivity index (χ2n) is 3.50. The summed E-state index contributed by atoms with van der Waals surface area (Å²) in [5, 5.41) is 0. The van der Waals surface area contributed by atoms with Crippen LogP contribution in [-0.4, -0.2) is 35.9 Å². The van der Waals surface area contributed by atoms with Crippen molar-refractivity contribution in [3.8, 4) is 0 Å². The average molecular weight is 189 g/mol. The fraction of sp³-hybridized carbons (Fsp3) is 1.00. The molecular weight excluding hydrogens is 170 g/mol. The van der Waals surface area contributed by atoms with Crippen molar-refractivity contribution in [2.45, 2.75) is 38.9 Å². The summed E-state index contributed by atoms with van der Waals surface area (Å²) in [6.45, 7) is 6.58. The van der Waals surface area contributed by atoms with Crippen molar-refractivity contribution in [2.75, 3.05) is 19.3 Å². The Balaban J connectivity index is 2.17. The van der Waals surface area contributed by atoms with Crippen LogP contribution in [0.3, 0.4) is 0 Å². The number of piperidine rings is 1. The molecule has 0 bridgehead atoms. The van der Waals surface area contributed by atoms with Crippen molar-refractivity contribution in [1.29, 1.82) is 0 Å². The minimum Gasteiger partial charge on any atom is -0.375 e. The number of nitrogens with zero attached hydrogens (tertiary/aromatic N) is 1. The largest absolute Gasteiger partial charge is 0.375 e. The molecule has 0 radical (unpaired) electrons. The molecule has 72 valence electrons. The van der Waals surface area contributed by atoms with E-state index >= 15 is 0 Å². The van der Waals surface area contributed by atoms with E-state index in [-0.39, 0.29) is 0 Å². The molecule has 0 unspecified atom stereocenters. The number of rotatable bonds is 3. The molecule has 0 aliphatic carbocycles. The fourth-order valence-corrected chi connectivity index (χ4v) is 2.11. The lowest BCUT2D eigenvalue weighted by Gasteiger charge is -2.31. The second-order valence-corrected chi connectivity index (χ2v) is 4.38. The lowest BCUT2D eigenvalue weighted by atomic mass is 10.1. The maximum atomic E-state index is 5.75. The van der Waals surface area contributed by atoms with E-state index in [1.165, 1.54) is 25.9 Å². The Morgan fingerprint density at radius 1 is 1.33 bits per heavy atom. The number of hydrogen-bond donors (Lipinski definition) is 0. The van der Waals surface area contributed by atoms with E-state index in [2.05, 4.69) is 24.4 Å². The van der Waals surface area contributed by atoms with Gasteiger partial charge in [-0.3, -0.25) is 4.31 Å². The van der Waals surface area contributed by atoms with Crippen LogP contribution in [0.2, 0.25) is 0 Å². The first-order valence-electron chi connectivity index (χ1n) is 4.67. The Morgan fingerprint density at radius 2 is 1.92 bits per heavy atom. The highest BCUT2D eigenvalue weighted by Crippen LogP contribution is 2.19. The number of ether oxygens (including phenoxy) is 1. The predicted octanol–water partition coefficient (Wildman–Crippen LogP) is 2.15. The Labute approximate surface area is 79.8 Å². The van der Waals surface area contributed by atoms with E-state index in [1.807, 2.05) is 11.9 Å². The molecule has 0 N–H and O–H groups in total. The van der Waals surface area contributed by atoms with Gasteiger partial charge in [-0.2, -0.15) is 0 Å². The highest BCUT2D eigenvalue weighted by molar-refractivity contribution is 7.96. The molecule has 0 amide bonds. The summed E-state index contributed by atoms with van der Waals surface area (Å²) in [6, 6.07) is 0. The minimum absolute atomic E-state index is 0.385. The maximum Gasteiger partial charge on any atom is 0.0603 e. The van der Waals surface area contributed by atoms with Crippen LogP contribution < -0.4 is 0 Å². The molecule has 1 saturated heterocycles. The van der Waals surface area contributed by atoms with Crippen molar-refractivity contribution in [3.05, 3.63) is 0 Å². The zero-order chi connectivity index (χ0) is 8.97. The van der Waals surface area contributed by atoms with Gasteiger partial charge in [-0.25, -0.2) is 0 Å². The van der Waals surface area contributed by atoms with Gasteiger partial charge in [0.1, 0.15) is 0 Å². The first-order valence-corrected chi connectivity index (χ1v) is 5.85. The van der Waals surface area contributed by atoms with E-state index in [0.29, 0.717) is 12.2 Å². The zero-order valence-corrected chi connectivity index (χ0v) is 9.06. The molecule has 0 atom stereocenters. The predicted molar refractivity (Wildman–Crippen MR) is 54.3 cm³/mol. The lowest BCUT2D eigenvalue weighted by Crippen LogP contribution is -2.33. The van der Waals surface area contributed by atoms with Gasteiger partial charge in [0.2, 0.25) is 0 Å². The monoisotopic (exact) mass is 189 g/mol. The summed E-state index contributed by atoms with van der Waals surface area (Å²) in [4.78, 5) is 0. The molecule has 1 aliphatic heterocycles. The van der Waals surface area contributed by atoms with Crippen molar-refractivity contribution in [1.82, 2.24) is 4.31 Å². The van der Waals surface area contributed by atoms with Gasteiger partial charge >= 0.3 is 0 Å². The van der Waals surface area contributed by atoms with E-state index in [0.717, 1.165) is 0 Å². The van der Waals surface area contributed by atoms with Crippen LogP contribution in [0.4, 0.5) is 0 Å². The third-order valence-electron chi connectivity index (χ3n) is 2.12. The first-order chi connectivity index (χ1) is 5.72. The van der Waals surface area contributed by atoms with E-state index in [9.17, 15) is 0 Å². The topological polar surface area (TPSA) is 12.5 Å². The van der Waals surface area contributed by atoms with Gasteiger partial charge in [-0.15, -0.1) is 0 Å². The van der Waals surface area contributed by atoms with Crippen LogP contribution in [0, 0.1) is 0 Å². The first kappa shape index (κ1) is 10.4. The molecular formula is C9H19NOS. The smallest absolute Gasteiger partial charge is 0.0603 e. The van der Waals surface area contributed by atoms with E-state index in [1.54, 1.807) is 0 Å². The van der Waals surface area contributed by atoms with Crippen molar-refractivity contribution < 1.29 is 4.74 Å². The molecule has 0 aromatic heterocycles. The van der Waals surface area contributed by atoms with Gasteiger partial charge in [0.15, 0.2) is 0 Å². The van der Waals surface area contributed by atoms with E-state index < -0.39 is 0 Å². The SMILES string of the molecule is CSN1CCC(OC(C)C)CC1. The van der Waals surface area contributed by atoms with Crippen molar-refractivity contribution in [2.24, 2.45) is 0 Å². The molecule has 0 aromatic rings.